The van der Waals surface area contributed by atoms with E-state index >= 15 is 0 Å². The molecule has 0 saturated carbocycles. The van der Waals surface area contributed by atoms with E-state index in [0.717, 1.165) is 0 Å². The molecule has 8 heteroatoms. The molecule has 8 nitrogen and oxygen atoms in total. The second kappa shape index (κ2) is 9.31. The standard InChI is InChI=1S/C14H22O8/c1-7(2)13(19)21-6-10(22-14(20)8(3)4)12(18)11(17)9(16)5-15/h9-12,15-18H,1,3,5-6H2,2,4H3/t9-,10-,11-,12-/m1/s1. The van der Waals surface area contributed by atoms with Crippen molar-refractivity contribution in [2.75, 3.05) is 13.2 Å². The lowest BCUT2D eigenvalue weighted by Crippen LogP contribution is -2.49. The van der Waals surface area contributed by atoms with Crippen molar-refractivity contribution in [2.45, 2.75) is 38.3 Å². The molecule has 0 aromatic carbocycles. The molecular formula is C14H22O8. The van der Waals surface area contributed by atoms with E-state index in [1.807, 2.05) is 0 Å². The molecular weight excluding hydrogens is 296 g/mol. The molecule has 0 aromatic rings. The van der Waals surface area contributed by atoms with Gasteiger partial charge in [0, 0.05) is 11.1 Å². The highest BCUT2D eigenvalue weighted by molar-refractivity contribution is 5.87. The number of esters is 2. The smallest absolute Gasteiger partial charge is 0.333 e. The summed E-state index contributed by atoms with van der Waals surface area (Å²) in [5, 5.41) is 37.6. The van der Waals surface area contributed by atoms with Crippen LogP contribution in [-0.2, 0) is 19.1 Å². The van der Waals surface area contributed by atoms with Gasteiger partial charge in [0.1, 0.15) is 24.9 Å². The Morgan fingerprint density at radius 2 is 1.50 bits per heavy atom. The molecule has 0 radical (unpaired) electrons. The minimum atomic E-state index is -1.81. The Morgan fingerprint density at radius 3 is 1.91 bits per heavy atom. The number of hydrogen-bond acceptors (Lipinski definition) is 8. The van der Waals surface area contributed by atoms with Crippen LogP contribution in [0.5, 0.6) is 0 Å². The molecule has 4 N–H and O–H groups in total. The quantitative estimate of drug-likeness (QED) is 0.303. The topological polar surface area (TPSA) is 134 Å². The van der Waals surface area contributed by atoms with Crippen molar-refractivity contribution in [3.63, 3.8) is 0 Å². The van der Waals surface area contributed by atoms with Crippen LogP contribution >= 0.6 is 0 Å². The van der Waals surface area contributed by atoms with Crippen molar-refractivity contribution in [3.05, 3.63) is 24.3 Å². The van der Waals surface area contributed by atoms with E-state index in [9.17, 15) is 24.9 Å². The molecule has 0 aromatic heterocycles. The third-order valence-electron chi connectivity index (χ3n) is 2.65. The van der Waals surface area contributed by atoms with Crippen LogP contribution < -0.4 is 0 Å². The average molecular weight is 318 g/mol. The van der Waals surface area contributed by atoms with Crippen molar-refractivity contribution < 1.29 is 39.5 Å². The minimum Gasteiger partial charge on any atom is -0.458 e. The van der Waals surface area contributed by atoms with Gasteiger partial charge in [-0.2, -0.15) is 0 Å². The maximum absolute atomic E-state index is 11.5. The van der Waals surface area contributed by atoms with Gasteiger partial charge in [-0.15, -0.1) is 0 Å². The molecule has 0 fully saturated rings. The van der Waals surface area contributed by atoms with E-state index in [1.165, 1.54) is 13.8 Å². The number of aliphatic hydroxyl groups is 4. The lowest BCUT2D eigenvalue weighted by molar-refractivity contribution is -0.173. The first-order chi connectivity index (χ1) is 10.1. The Bertz CT molecular complexity index is 431. The van der Waals surface area contributed by atoms with Crippen LogP contribution in [0.3, 0.4) is 0 Å². The molecule has 0 saturated heterocycles. The largest absolute Gasteiger partial charge is 0.458 e. The summed E-state index contributed by atoms with van der Waals surface area (Å²) in [6, 6.07) is 0. The van der Waals surface area contributed by atoms with Gasteiger partial charge in [0.05, 0.1) is 6.61 Å². The second-order valence-corrected chi connectivity index (χ2v) is 4.83. The summed E-state index contributed by atoms with van der Waals surface area (Å²) < 4.78 is 9.64. The third-order valence-corrected chi connectivity index (χ3v) is 2.65. The monoisotopic (exact) mass is 318 g/mol. The van der Waals surface area contributed by atoms with Gasteiger partial charge < -0.3 is 29.9 Å². The molecule has 0 unspecified atom stereocenters. The summed E-state index contributed by atoms with van der Waals surface area (Å²) >= 11 is 0. The van der Waals surface area contributed by atoms with Crippen molar-refractivity contribution in [2.24, 2.45) is 0 Å². The molecule has 0 spiro atoms. The highest BCUT2D eigenvalue weighted by Gasteiger charge is 2.34. The normalized spacial score (nSPS) is 16.1. The summed E-state index contributed by atoms with van der Waals surface area (Å²) in [4.78, 5) is 22.8. The molecule has 0 bridgehead atoms. The van der Waals surface area contributed by atoms with Crippen LogP contribution in [0.25, 0.3) is 0 Å². The Morgan fingerprint density at radius 1 is 1.00 bits per heavy atom. The summed E-state index contributed by atoms with van der Waals surface area (Å²) in [5.74, 6) is -1.65. The molecule has 0 heterocycles. The lowest BCUT2D eigenvalue weighted by Gasteiger charge is -2.28. The average Bonchev–Trinajstić information content (AvgIpc) is 2.47. The van der Waals surface area contributed by atoms with Crippen LogP contribution in [0.4, 0.5) is 0 Å². The van der Waals surface area contributed by atoms with Gasteiger partial charge in [-0.05, 0) is 13.8 Å². The van der Waals surface area contributed by atoms with E-state index in [2.05, 4.69) is 13.2 Å². The van der Waals surface area contributed by atoms with Crippen molar-refractivity contribution in [1.82, 2.24) is 0 Å². The Kier molecular flexibility index (Phi) is 8.58. The number of carbonyl (C=O) groups is 2. The number of ether oxygens (including phenoxy) is 2. The fourth-order valence-corrected chi connectivity index (χ4v) is 1.28. The first kappa shape index (κ1) is 20.3. The summed E-state index contributed by atoms with van der Waals surface area (Å²) in [6.45, 7) is 8.10. The molecule has 0 aliphatic heterocycles. The van der Waals surface area contributed by atoms with Crippen LogP contribution in [0.2, 0.25) is 0 Å². The van der Waals surface area contributed by atoms with Crippen LogP contribution in [0.1, 0.15) is 13.8 Å². The van der Waals surface area contributed by atoms with E-state index in [-0.39, 0.29) is 11.1 Å². The highest BCUT2D eigenvalue weighted by Crippen LogP contribution is 2.12. The predicted molar refractivity (Wildman–Crippen MR) is 75.6 cm³/mol. The zero-order valence-electron chi connectivity index (χ0n) is 12.6. The number of carbonyl (C=O) groups excluding carboxylic acids is 2. The van der Waals surface area contributed by atoms with Gasteiger partial charge >= 0.3 is 11.9 Å². The summed E-state index contributed by atoms with van der Waals surface area (Å²) in [5.41, 5.74) is 0.121. The summed E-state index contributed by atoms with van der Waals surface area (Å²) in [6.07, 6.45) is -6.71. The van der Waals surface area contributed by atoms with Gasteiger partial charge in [-0.1, -0.05) is 13.2 Å². The first-order valence-electron chi connectivity index (χ1n) is 6.46. The van der Waals surface area contributed by atoms with Crippen molar-refractivity contribution >= 4 is 11.9 Å². The molecule has 0 aliphatic rings. The fraction of sp³-hybridized carbons (Fsp3) is 0.571. The number of hydrogen-bond donors (Lipinski definition) is 4. The zero-order chi connectivity index (χ0) is 17.4. The van der Waals surface area contributed by atoms with Gasteiger partial charge in [0.15, 0.2) is 6.10 Å². The molecule has 4 atom stereocenters. The van der Waals surface area contributed by atoms with E-state index < -0.39 is 49.6 Å². The highest BCUT2D eigenvalue weighted by atomic mass is 16.6. The van der Waals surface area contributed by atoms with Gasteiger partial charge in [-0.25, -0.2) is 9.59 Å². The lowest BCUT2D eigenvalue weighted by atomic mass is 10.0. The molecule has 126 valence electrons. The Labute approximate surface area is 128 Å². The van der Waals surface area contributed by atoms with Gasteiger partial charge in [0.25, 0.3) is 0 Å². The number of aliphatic hydroxyl groups excluding tert-OH is 4. The van der Waals surface area contributed by atoms with Crippen LogP contribution in [0.15, 0.2) is 24.3 Å². The van der Waals surface area contributed by atoms with E-state index in [4.69, 9.17) is 14.6 Å². The maximum Gasteiger partial charge on any atom is 0.333 e. The van der Waals surface area contributed by atoms with Crippen LogP contribution in [0, 0.1) is 0 Å². The maximum atomic E-state index is 11.5. The molecule has 22 heavy (non-hydrogen) atoms. The minimum absolute atomic E-state index is 0.0284. The van der Waals surface area contributed by atoms with Crippen LogP contribution in [-0.4, -0.2) is 70.0 Å². The number of rotatable bonds is 9. The molecule has 0 rings (SSSR count). The van der Waals surface area contributed by atoms with E-state index in [1.54, 1.807) is 0 Å². The Balaban J connectivity index is 4.98. The first-order valence-corrected chi connectivity index (χ1v) is 6.46. The second-order valence-electron chi connectivity index (χ2n) is 4.83. The van der Waals surface area contributed by atoms with Crippen molar-refractivity contribution in [3.8, 4) is 0 Å². The van der Waals surface area contributed by atoms with Gasteiger partial charge in [-0.3, -0.25) is 0 Å². The van der Waals surface area contributed by atoms with Crippen molar-refractivity contribution in [1.29, 1.82) is 0 Å². The zero-order valence-corrected chi connectivity index (χ0v) is 12.6. The third kappa shape index (κ3) is 6.35. The SMILES string of the molecule is C=C(C)C(=O)OC[C@@H](OC(=O)C(=C)C)[C@@H](O)[C@H](O)[C@H](O)CO. The Hall–Kier alpha value is -1.74. The summed E-state index contributed by atoms with van der Waals surface area (Å²) in [7, 11) is 0. The van der Waals surface area contributed by atoms with Gasteiger partial charge in [0.2, 0.25) is 0 Å². The fourth-order valence-electron chi connectivity index (χ4n) is 1.28. The predicted octanol–water partition coefficient (Wildman–Crippen LogP) is -1.33. The molecule has 0 aliphatic carbocycles. The van der Waals surface area contributed by atoms with E-state index in [0.29, 0.717) is 0 Å². The molecule has 0 amide bonds.